The number of anilines is 1. The van der Waals surface area contributed by atoms with E-state index in [2.05, 4.69) is 10.3 Å². The summed E-state index contributed by atoms with van der Waals surface area (Å²) in [6.07, 6.45) is -3.38. The first-order chi connectivity index (χ1) is 11.8. The summed E-state index contributed by atoms with van der Waals surface area (Å²) >= 11 is 0. The Bertz CT molecular complexity index is 995. The Morgan fingerprint density at radius 1 is 1.20 bits per heavy atom. The van der Waals surface area contributed by atoms with E-state index in [9.17, 15) is 22.4 Å². The molecule has 0 fully saturated rings. The van der Waals surface area contributed by atoms with Crippen LogP contribution >= 0.6 is 0 Å². The van der Waals surface area contributed by atoms with Crippen LogP contribution in [0.3, 0.4) is 0 Å². The van der Waals surface area contributed by atoms with Gasteiger partial charge in [0.2, 0.25) is 5.95 Å². The van der Waals surface area contributed by atoms with Crippen LogP contribution in [0, 0.1) is 5.82 Å². The maximum atomic E-state index is 13.5. The third kappa shape index (κ3) is 3.19. The van der Waals surface area contributed by atoms with Gasteiger partial charge in [0, 0.05) is 12.7 Å². The fraction of sp³-hybridized carbons (Fsp3) is 0.176. The maximum absolute atomic E-state index is 13.5. The lowest BCUT2D eigenvalue weighted by molar-refractivity contribution is -0.137. The molecule has 130 valence electrons. The van der Waals surface area contributed by atoms with E-state index >= 15 is 0 Å². The number of pyridine rings is 1. The Kier molecular flexibility index (Phi) is 4.20. The van der Waals surface area contributed by atoms with Crippen molar-refractivity contribution in [1.82, 2.24) is 9.38 Å². The number of aromatic nitrogens is 2. The van der Waals surface area contributed by atoms with Gasteiger partial charge in [0.1, 0.15) is 5.82 Å². The van der Waals surface area contributed by atoms with Crippen molar-refractivity contribution < 1.29 is 17.6 Å². The van der Waals surface area contributed by atoms with Crippen molar-refractivity contribution in [2.24, 2.45) is 0 Å². The zero-order valence-electron chi connectivity index (χ0n) is 13.1. The van der Waals surface area contributed by atoms with Crippen LogP contribution in [0.1, 0.15) is 12.5 Å². The lowest BCUT2D eigenvalue weighted by Crippen LogP contribution is -2.19. The van der Waals surface area contributed by atoms with Gasteiger partial charge in [-0.3, -0.25) is 9.20 Å². The number of nitrogens with zero attached hydrogens (tertiary/aromatic N) is 2. The molecule has 0 amide bonds. The Morgan fingerprint density at radius 3 is 2.60 bits per heavy atom. The molecule has 0 radical (unpaired) electrons. The lowest BCUT2D eigenvalue weighted by atomic mass is 10.0. The second kappa shape index (κ2) is 6.19. The Balaban J connectivity index is 2.40. The Hall–Kier alpha value is -2.90. The van der Waals surface area contributed by atoms with Crippen molar-refractivity contribution in [2.45, 2.75) is 13.1 Å². The number of benzene rings is 1. The third-order valence-electron chi connectivity index (χ3n) is 3.64. The number of halogens is 4. The highest BCUT2D eigenvalue weighted by Crippen LogP contribution is 2.32. The van der Waals surface area contributed by atoms with Crippen LogP contribution in [0.25, 0.3) is 16.6 Å². The normalized spacial score (nSPS) is 11.7. The van der Waals surface area contributed by atoms with E-state index < -0.39 is 23.1 Å². The van der Waals surface area contributed by atoms with E-state index in [0.717, 1.165) is 18.2 Å². The highest BCUT2D eigenvalue weighted by molar-refractivity contribution is 5.81. The Labute approximate surface area is 139 Å². The average molecular weight is 351 g/mol. The molecule has 2 aromatic heterocycles. The molecule has 0 unspecified atom stereocenters. The van der Waals surface area contributed by atoms with Crippen LogP contribution < -0.4 is 10.9 Å². The van der Waals surface area contributed by atoms with Gasteiger partial charge in [-0.25, -0.2) is 4.39 Å². The first kappa shape index (κ1) is 16.9. The highest BCUT2D eigenvalue weighted by atomic mass is 19.4. The van der Waals surface area contributed by atoms with E-state index in [1.54, 1.807) is 6.92 Å². The van der Waals surface area contributed by atoms with Gasteiger partial charge in [0.15, 0.2) is 0 Å². The molecule has 0 aliphatic carbocycles. The molecule has 0 atom stereocenters. The van der Waals surface area contributed by atoms with Crippen LogP contribution in [0.5, 0.6) is 0 Å². The van der Waals surface area contributed by atoms with Crippen LogP contribution in [0.15, 0.2) is 47.4 Å². The molecule has 4 nitrogen and oxygen atoms in total. The first-order valence-corrected chi connectivity index (χ1v) is 7.44. The van der Waals surface area contributed by atoms with Gasteiger partial charge in [0.25, 0.3) is 5.56 Å². The van der Waals surface area contributed by atoms with Crippen LogP contribution in [0.2, 0.25) is 0 Å². The van der Waals surface area contributed by atoms with E-state index in [1.165, 1.54) is 28.8 Å². The van der Waals surface area contributed by atoms with Crippen molar-refractivity contribution >= 4 is 11.5 Å². The topological polar surface area (TPSA) is 46.4 Å². The van der Waals surface area contributed by atoms with Gasteiger partial charge in [0.05, 0.1) is 16.6 Å². The lowest BCUT2D eigenvalue weighted by Gasteiger charge is -2.15. The minimum absolute atomic E-state index is 0.00336. The van der Waals surface area contributed by atoms with Crippen LogP contribution in [-0.4, -0.2) is 15.9 Å². The number of fused-ring (bicyclic) bond motifs is 1. The summed E-state index contributed by atoms with van der Waals surface area (Å²) < 4.78 is 54.1. The van der Waals surface area contributed by atoms with Crippen molar-refractivity contribution in [2.75, 3.05) is 11.9 Å². The van der Waals surface area contributed by atoms with Crippen LogP contribution in [0.4, 0.5) is 23.5 Å². The average Bonchev–Trinajstić information content (AvgIpc) is 2.54. The summed E-state index contributed by atoms with van der Waals surface area (Å²) in [6.45, 7) is 2.19. The van der Waals surface area contributed by atoms with Crippen molar-refractivity contribution in [3.05, 3.63) is 64.3 Å². The number of hydrogen-bond acceptors (Lipinski definition) is 3. The van der Waals surface area contributed by atoms with Crippen LogP contribution in [-0.2, 0) is 6.18 Å². The second-order valence-corrected chi connectivity index (χ2v) is 5.32. The molecule has 3 rings (SSSR count). The molecule has 0 bridgehead atoms. The van der Waals surface area contributed by atoms with E-state index in [4.69, 9.17) is 0 Å². The molecule has 1 aromatic carbocycles. The van der Waals surface area contributed by atoms with Gasteiger partial charge in [-0.1, -0.05) is 12.1 Å². The maximum Gasteiger partial charge on any atom is 0.416 e. The molecular weight excluding hydrogens is 338 g/mol. The summed E-state index contributed by atoms with van der Waals surface area (Å²) in [5.41, 5.74) is -1.57. The molecule has 1 N–H and O–H groups in total. The second-order valence-electron chi connectivity index (χ2n) is 5.32. The summed E-state index contributed by atoms with van der Waals surface area (Å²) in [7, 11) is 0. The highest BCUT2D eigenvalue weighted by Gasteiger charge is 2.31. The number of hydrogen-bond donors (Lipinski definition) is 1. The molecule has 0 saturated heterocycles. The van der Waals surface area contributed by atoms with Crippen molar-refractivity contribution in [3.8, 4) is 11.1 Å². The van der Waals surface area contributed by atoms with E-state index in [0.29, 0.717) is 6.54 Å². The van der Waals surface area contributed by atoms with Gasteiger partial charge in [-0.05, 0) is 36.8 Å². The molecule has 0 saturated carbocycles. The van der Waals surface area contributed by atoms with Gasteiger partial charge in [-0.15, -0.1) is 0 Å². The smallest absolute Gasteiger partial charge is 0.356 e. The van der Waals surface area contributed by atoms with Crippen molar-refractivity contribution in [1.29, 1.82) is 0 Å². The summed E-state index contributed by atoms with van der Waals surface area (Å²) in [6, 6.07) is 6.87. The summed E-state index contributed by atoms with van der Waals surface area (Å²) in [5, 5.41) is 2.84. The number of alkyl halides is 3. The number of rotatable bonds is 3. The molecular formula is C17H13F4N3O. The molecule has 0 aliphatic rings. The fourth-order valence-corrected chi connectivity index (χ4v) is 2.57. The van der Waals surface area contributed by atoms with E-state index in [-0.39, 0.29) is 22.6 Å². The number of nitrogens with one attached hydrogen (secondary N) is 1. The minimum atomic E-state index is -4.57. The van der Waals surface area contributed by atoms with E-state index in [1.807, 2.05) is 0 Å². The third-order valence-corrected chi connectivity index (χ3v) is 3.64. The molecule has 0 spiro atoms. The quantitative estimate of drug-likeness (QED) is 0.727. The molecule has 8 heteroatoms. The molecule has 3 aromatic rings. The van der Waals surface area contributed by atoms with Crippen molar-refractivity contribution in [3.63, 3.8) is 0 Å². The van der Waals surface area contributed by atoms with Gasteiger partial charge in [-0.2, -0.15) is 18.2 Å². The predicted molar refractivity (Wildman–Crippen MR) is 86.0 cm³/mol. The minimum Gasteiger partial charge on any atom is -0.356 e. The van der Waals surface area contributed by atoms with Gasteiger partial charge >= 0.3 is 6.18 Å². The molecule has 2 heterocycles. The Morgan fingerprint density at radius 2 is 1.96 bits per heavy atom. The zero-order chi connectivity index (χ0) is 18.2. The predicted octanol–water partition coefficient (Wildman–Crippen LogP) is 3.95. The molecule has 0 aliphatic heterocycles. The monoisotopic (exact) mass is 351 g/mol. The summed E-state index contributed by atoms with van der Waals surface area (Å²) in [4.78, 5) is 16.3. The fourth-order valence-electron chi connectivity index (χ4n) is 2.57. The first-order valence-electron chi connectivity index (χ1n) is 7.44. The van der Waals surface area contributed by atoms with Gasteiger partial charge < -0.3 is 5.32 Å². The largest absolute Gasteiger partial charge is 0.416 e. The molecule has 25 heavy (non-hydrogen) atoms. The zero-order valence-corrected chi connectivity index (χ0v) is 13.1. The standard InChI is InChI=1S/C17H13F4N3O/c1-2-22-16-23-15(25)14(10-4-3-5-12(18)8-10)13-9-11(17(19,20)21)6-7-24(13)16/h3-9H,2H2,1H3,(H,22,23,25). The SMILES string of the molecule is CCNc1nc(=O)c(-c2cccc(F)c2)c2cc(C(F)(F)F)ccn12. The summed E-state index contributed by atoms with van der Waals surface area (Å²) in [5.74, 6) is -0.478.